The van der Waals surface area contributed by atoms with Crippen LogP contribution in [0, 0.1) is 3.57 Å². The molecule has 0 aliphatic carbocycles. The van der Waals surface area contributed by atoms with Gasteiger partial charge in [-0.25, -0.2) is 0 Å². The van der Waals surface area contributed by atoms with E-state index in [4.69, 9.17) is 5.73 Å². The standard InChI is InChI=1S/C12H11IN2OS/c13-8-3-5-9(6-4-8)15-12(16)11(14)10-2-1-7-17-10/h1-7,11H,14H2,(H,15,16). The second-order valence-corrected chi connectivity index (χ2v) is 5.71. The van der Waals surface area contributed by atoms with Crippen molar-refractivity contribution in [3.05, 3.63) is 50.2 Å². The van der Waals surface area contributed by atoms with Crippen molar-refractivity contribution < 1.29 is 4.79 Å². The van der Waals surface area contributed by atoms with Gasteiger partial charge in [-0.15, -0.1) is 11.3 Å². The maximum atomic E-state index is 11.9. The highest BCUT2D eigenvalue weighted by atomic mass is 127. The maximum Gasteiger partial charge on any atom is 0.246 e. The van der Waals surface area contributed by atoms with Gasteiger partial charge in [0.1, 0.15) is 6.04 Å². The largest absolute Gasteiger partial charge is 0.324 e. The first-order valence-electron chi connectivity index (χ1n) is 5.02. The lowest BCUT2D eigenvalue weighted by molar-refractivity contribution is -0.117. The summed E-state index contributed by atoms with van der Waals surface area (Å²) >= 11 is 3.70. The number of nitrogens with one attached hydrogen (secondary N) is 1. The third-order valence-electron chi connectivity index (χ3n) is 2.24. The summed E-state index contributed by atoms with van der Waals surface area (Å²) in [5, 5.41) is 4.71. The van der Waals surface area contributed by atoms with Gasteiger partial charge in [-0.05, 0) is 58.3 Å². The maximum absolute atomic E-state index is 11.9. The van der Waals surface area contributed by atoms with E-state index in [2.05, 4.69) is 27.9 Å². The SMILES string of the molecule is NC(C(=O)Nc1ccc(I)cc1)c1cccs1. The van der Waals surface area contributed by atoms with E-state index in [9.17, 15) is 4.79 Å². The summed E-state index contributed by atoms with van der Waals surface area (Å²) in [5.74, 6) is -0.186. The number of hydrogen-bond donors (Lipinski definition) is 2. The topological polar surface area (TPSA) is 55.1 Å². The second-order valence-electron chi connectivity index (χ2n) is 3.49. The van der Waals surface area contributed by atoms with Crippen LogP contribution in [0.15, 0.2) is 41.8 Å². The molecule has 1 heterocycles. The lowest BCUT2D eigenvalue weighted by Gasteiger charge is -2.10. The molecule has 1 aromatic carbocycles. The molecule has 0 spiro atoms. The average Bonchev–Trinajstić information content (AvgIpc) is 2.84. The van der Waals surface area contributed by atoms with Gasteiger partial charge < -0.3 is 11.1 Å². The molecule has 1 amide bonds. The number of benzene rings is 1. The zero-order valence-corrected chi connectivity index (χ0v) is 11.9. The highest BCUT2D eigenvalue weighted by Gasteiger charge is 2.16. The van der Waals surface area contributed by atoms with Crippen molar-refractivity contribution in [2.24, 2.45) is 5.73 Å². The van der Waals surface area contributed by atoms with Gasteiger partial charge in [-0.3, -0.25) is 4.79 Å². The molecule has 3 nitrogen and oxygen atoms in total. The molecule has 0 saturated heterocycles. The van der Waals surface area contributed by atoms with Crippen LogP contribution in [0.4, 0.5) is 5.69 Å². The number of carbonyl (C=O) groups excluding carboxylic acids is 1. The summed E-state index contributed by atoms with van der Waals surface area (Å²) in [6.45, 7) is 0. The monoisotopic (exact) mass is 358 g/mol. The summed E-state index contributed by atoms with van der Waals surface area (Å²) < 4.78 is 1.13. The Morgan fingerprint density at radius 3 is 2.59 bits per heavy atom. The Bertz CT molecular complexity index is 496. The Balaban J connectivity index is 2.04. The van der Waals surface area contributed by atoms with Crippen molar-refractivity contribution in [2.45, 2.75) is 6.04 Å². The van der Waals surface area contributed by atoms with E-state index >= 15 is 0 Å². The zero-order valence-electron chi connectivity index (χ0n) is 8.89. The van der Waals surface area contributed by atoms with Gasteiger partial charge in [-0.2, -0.15) is 0 Å². The number of rotatable bonds is 3. The van der Waals surface area contributed by atoms with E-state index in [0.29, 0.717) is 0 Å². The lowest BCUT2D eigenvalue weighted by atomic mass is 10.2. The molecule has 0 aliphatic rings. The fraction of sp³-hybridized carbons (Fsp3) is 0.0833. The summed E-state index contributed by atoms with van der Waals surface area (Å²) in [6.07, 6.45) is 0. The van der Waals surface area contributed by atoms with Gasteiger partial charge in [0.2, 0.25) is 5.91 Å². The summed E-state index contributed by atoms with van der Waals surface area (Å²) in [5.41, 5.74) is 6.62. The highest BCUT2D eigenvalue weighted by Crippen LogP contribution is 2.19. The normalized spacial score (nSPS) is 12.1. The molecule has 5 heteroatoms. The minimum absolute atomic E-state index is 0.186. The van der Waals surface area contributed by atoms with E-state index in [0.717, 1.165) is 14.1 Å². The van der Waals surface area contributed by atoms with Crippen LogP contribution in [0.1, 0.15) is 10.9 Å². The number of nitrogens with two attached hydrogens (primary N) is 1. The van der Waals surface area contributed by atoms with Crippen LogP contribution in [0.3, 0.4) is 0 Å². The van der Waals surface area contributed by atoms with E-state index in [1.807, 2.05) is 41.8 Å². The third-order valence-corrected chi connectivity index (χ3v) is 3.92. The van der Waals surface area contributed by atoms with Crippen LogP contribution in [0.5, 0.6) is 0 Å². The summed E-state index contributed by atoms with van der Waals surface area (Å²) in [6, 6.07) is 10.7. The molecule has 88 valence electrons. The molecular formula is C12H11IN2OS. The molecule has 1 atom stereocenters. The Hall–Kier alpha value is -0.920. The van der Waals surface area contributed by atoms with Crippen LogP contribution in [-0.4, -0.2) is 5.91 Å². The van der Waals surface area contributed by atoms with Crippen LogP contribution in [-0.2, 0) is 4.79 Å². The summed E-state index contributed by atoms with van der Waals surface area (Å²) in [7, 11) is 0. The quantitative estimate of drug-likeness (QED) is 0.829. The van der Waals surface area contributed by atoms with Gasteiger partial charge in [0.15, 0.2) is 0 Å². The highest BCUT2D eigenvalue weighted by molar-refractivity contribution is 14.1. The van der Waals surface area contributed by atoms with Crippen LogP contribution < -0.4 is 11.1 Å². The number of anilines is 1. The van der Waals surface area contributed by atoms with Crippen LogP contribution in [0.25, 0.3) is 0 Å². The molecular weight excluding hydrogens is 347 g/mol. The molecule has 0 aliphatic heterocycles. The molecule has 0 radical (unpaired) electrons. The predicted molar refractivity (Wildman–Crippen MR) is 79.0 cm³/mol. The zero-order chi connectivity index (χ0) is 12.3. The van der Waals surface area contributed by atoms with Gasteiger partial charge >= 0.3 is 0 Å². The van der Waals surface area contributed by atoms with E-state index in [-0.39, 0.29) is 5.91 Å². The molecule has 3 N–H and O–H groups in total. The average molecular weight is 358 g/mol. The van der Waals surface area contributed by atoms with E-state index in [1.54, 1.807) is 0 Å². The van der Waals surface area contributed by atoms with Gasteiger partial charge in [0.25, 0.3) is 0 Å². The van der Waals surface area contributed by atoms with E-state index < -0.39 is 6.04 Å². The van der Waals surface area contributed by atoms with Crippen LogP contribution >= 0.6 is 33.9 Å². The van der Waals surface area contributed by atoms with Crippen molar-refractivity contribution >= 4 is 45.5 Å². The van der Waals surface area contributed by atoms with Crippen LogP contribution in [0.2, 0.25) is 0 Å². The number of carbonyl (C=O) groups is 1. The Labute approximate surface area is 117 Å². The molecule has 0 fully saturated rings. The number of halogens is 1. The number of amides is 1. The predicted octanol–water partition coefficient (Wildman–Crippen LogP) is 2.99. The molecule has 0 saturated carbocycles. The third kappa shape index (κ3) is 3.27. The molecule has 1 unspecified atom stereocenters. The van der Waals surface area contributed by atoms with Crippen molar-refractivity contribution in [3.63, 3.8) is 0 Å². The fourth-order valence-electron chi connectivity index (χ4n) is 1.35. The molecule has 1 aromatic heterocycles. The first kappa shape index (κ1) is 12.5. The Kier molecular flexibility index (Phi) is 4.14. The van der Waals surface area contributed by atoms with Gasteiger partial charge in [0, 0.05) is 14.1 Å². The van der Waals surface area contributed by atoms with Crippen molar-refractivity contribution in [1.82, 2.24) is 0 Å². The summed E-state index contributed by atoms with van der Waals surface area (Å²) in [4.78, 5) is 12.7. The first-order valence-corrected chi connectivity index (χ1v) is 6.98. The van der Waals surface area contributed by atoms with Crippen molar-refractivity contribution in [2.75, 3.05) is 5.32 Å². The second kappa shape index (κ2) is 5.61. The Morgan fingerprint density at radius 1 is 1.29 bits per heavy atom. The molecule has 0 bridgehead atoms. The van der Waals surface area contributed by atoms with Gasteiger partial charge in [0.05, 0.1) is 0 Å². The molecule has 17 heavy (non-hydrogen) atoms. The van der Waals surface area contributed by atoms with Gasteiger partial charge in [-0.1, -0.05) is 6.07 Å². The minimum atomic E-state index is -0.603. The lowest BCUT2D eigenvalue weighted by Crippen LogP contribution is -2.26. The fourth-order valence-corrected chi connectivity index (χ4v) is 2.44. The first-order chi connectivity index (χ1) is 8.16. The molecule has 2 rings (SSSR count). The Morgan fingerprint density at radius 2 is 2.00 bits per heavy atom. The van der Waals surface area contributed by atoms with Crippen molar-refractivity contribution in [3.8, 4) is 0 Å². The smallest absolute Gasteiger partial charge is 0.246 e. The number of thiophene rings is 1. The number of hydrogen-bond acceptors (Lipinski definition) is 3. The van der Waals surface area contributed by atoms with Crippen molar-refractivity contribution in [1.29, 1.82) is 0 Å². The molecule has 2 aromatic rings. The minimum Gasteiger partial charge on any atom is -0.324 e. The van der Waals surface area contributed by atoms with E-state index in [1.165, 1.54) is 11.3 Å².